The zero-order chi connectivity index (χ0) is 12.8. The largest absolute Gasteiger partial charge is 0.439 e. The highest BCUT2D eigenvalue weighted by Gasteiger charge is 1.99. The van der Waals surface area contributed by atoms with Crippen LogP contribution in [0.1, 0.15) is 12.5 Å². The maximum absolute atomic E-state index is 5.64. The molecule has 94 valence electrons. The van der Waals surface area contributed by atoms with Crippen LogP contribution in [0.5, 0.6) is 11.6 Å². The van der Waals surface area contributed by atoms with Crippen molar-refractivity contribution in [3.05, 3.63) is 52.6 Å². The minimum absolute atomic E-state index is 0.609. The van der Waals surface area contributed by atoms with Crippen molar-refractivity contribution >= 4 is 15.9 Å². The van der Waals surface area contributed by atoms with Crippen LogP contribution in [0.4, 0.5) is 0 Å². The average Bonchev–Trinajstić information content (AvgIpc) is 2.41. The molecule has 18 heavy (non-hydrogen) atoms. The van der Waals surface area contributed by atoms with Gasteiger partial charge in [-0.3, -0.25) is 0 Å². The van der Waals surface area contributed by atoms with Crippen LogP contribution in [0.15, 0.2) is 47.1 Å². The van der Waals surface area contributed by atoms with Gasteiger partial charge in [0.2, 0.25) is 5.88 Å². The van der Waals surface area contributed by atoms with Gasteiger partial charge < -0.3 is 10.1 Å². The highest BCUT2D eigenvalue weighted by Crippen LogP contribution is 2.21. The number of hydrogen-bond acceptors (Lipinski definition) is 3. The third kappa shape index (κ3) is 3.82. The van der Waals surface area contributed by atoms with Crippen LogP contribution in [0.25, 0.3) is 0 Å². The second-order valence-corrected chi connectivity index (χ2v) is 4.76. The molecule has 0 bridgehead atoms. The van der Waals surface area contributed by atoms with Crippen molar-refractivity contribution in [2.24, 2.45) is 0 Å². The summed E-state index contributed by atoms with van der Waals surface area (Å²) in [5.74, 6) is 1.39. The van der Waals surface area contributed by atoms with Crippen LogP contribution >= 0.6 is 15.9 Å². The summed E-state index contributed by atoms with van der Waals surface area (Å²) in [4.78, 5) is 4.28. The van der Waals surface area contributed by atoms with Crippen molar-refractivity contribution in [1.29, 1.82) is 0 Å². The summed E-state index contributed by atoms with van der Waals surface area (Å²) >= 11 is 3.39. The lowest BCUT2D eigenvalue weighted by molar-refractivity contribution is 0.462. The summed E-state index contributed by atoms with van der Waals surface area (Å²) < 4.78 is 6.67. The Morgan fingerprint density at radius 2 is 1.94 bits per heavy atom. The van der Waals surface area contributed by atoms with Crippen LogP contribution in [-0.4, -0.2) is 11.5 Å². The molecule has 0 atom stereocenters. The quantitative estimate of drug-likeness (QED) is 0.913. The van der Waals surface area contributed by atoms with E-state index in [9.17, 15) is 0 Å². The summed E-state index contributed by atoms with van der Waals surface area (Å²) in [6.45, 7) is 3.87. The van der Waals surface area contributed by atoms with E-state index in [0.29, 0.717) is 5.88 Å². The van der Waals surface area contributed by atoms with E-state index in [2.05, 4.69) is 33.2 Å². The Labute approximate surface area is 115 Å². The Kier molecular flexibility index (Phi) is 4.73. The number of halogens is 1. The number of nitrogens with one attached hydrogen (secondary N) is 1. The summed E-state index contributed by atoms with van der Waals surface area (Å²) in [6.07, 6.45) is 1.83. The molecule has 0 aliphatic carbocycles. The third-order valence-electron chi connectivity index (χ3n) is 2.41. The zero-order valence-electron chi connectivity index (χ0n) is 10.2. The van der Waals surface area contributed by atoms with Gasteiger partial charge in [0, 0.05) is 23.3 Å². The molecule has 3 nitrogen and oxygen atoms in total. The van der Waals surface area contributed by atoms with Gasteiger partial charge >= 0.3 is 0 Å². The monoisotopic (exact) mass is 306 g/mol. The molecule has 0 spiro atoms. The van der Waals surface area contributed by atoms with Gasteiger partial charge in [-0.15, -0.1) is 0 Å². The van der Waals surface area contributed by atoms with Gasteiger partial charge in [-0.2, -0.15) is 0 Å². The second kappa shape index (κ2) is 6.52. The van der Waals surface area contributed by atoms with Gasteiger partial charge in [-0.25, -0.2) is 4.98 Å². The van der Waals surface area contributed by atoms with Crippen molar-refractivity contribution in [3.8, 4) is 11.6 Å². The minimum atomic E-state index is 0.609. The molecule has 4 heteroatoms. The maximum Gasteiger partial charge on any atom is 0.219 e. The Bertz CT molecular complexity index is 482. The summed E-state index contributed by atoms with van der Waals surface area (Å²) in [5.41, 5.74) is 1.15. The molecule has 1 aromatic carbocycles. The zero-order valence-corrected chi connectivity index (χ0v) is 11.8. The minimum Gasteiger partial charge on any atom is -0.439 e. The number of ether oxygens (including phenoxy) is 1. The highest BCUT2D eigenvalue weighted by molar-refractivity contribution is 9.10. The Balaban J connectivity index is 1.99. The fraction of sp³-hybridized carbons (Fsp3) is 0.214. The van der Waals surface area contributed by atoms with E-state index >= 15 is 0 Å². The number of nitrogens with zero attached hydrogens (tertiary/aromatic N) is 1. The SMILES string of the molecule is CCNCc1ccc(Oc2ccc(Br)cc2)nc1. The summed E-state index contributed by atoms with van der Waals surface area (Å²) in [5, 5.41) is 3.25. The van der Waals surface area contributed by atoms with Crippen LogP contribution in [0, 0.1) is 0 Å². The third-order valence-corrected chi connectivity index (χ3v) is 2.94. The van der Waals surface area contributed by atoms with E-state index in [1.165, 1.54) is 0 Å². The molecule has 2 aromatic rings. The Hall–Kier alpha value is -1.39. The van der Waals surface area contributed by atoms with Gasteiger partial charge in [0.05, 0.1) is 0 Å². The highest BCUT2D eigenvalue weighted by atomic mass is 79.9. The van der Waals surface area contributed by atoms with Gasteiger partial charge in [-0.05, 0) is 36.4 Å². The lowest BCUT2D eigenvalue weighted by Gasteiger charge is -2.06. The van der Waals surface area contributed by atoms with E-state index in [4.69, 9.17) is 4.74 Å². The van der Waals surface area contributed by atoms with Gasteiger partial charge in [0.1, 0.15) is 5.75 Å². The molecule has 1 N–H and O–H groups in total. The summed E-state index contributed by atoms with van der Waals surface area (Å²) in [7, 11) is 0. The van der Waals surface area contributed by atoms with Crippen molar-refractivity contribution < 1.29 is 4.74 Å². The molecule has 0 aliphatic rings. The first-order chi connectivity index (χ1) is 8.78. The number of benzene rings is 1. The number of hydrogen-bond donors (Lipinski definition) is 1. The molecular formula is C14H15BrN2O. The van der Waals surface area contributed by atoms with Gasteiger partial charge in [0.25, 0.3) is 0 Å². The smallest absolute Gasteiger partial charge is 0.219 e. The van der Waals surface area contributed by atoms with Crippen molar-refractivity contribution in [3.63, 3.8) is 0 Å². The molecule has 0 radical (unpaired) electrons. The van der Waals surface area contributed by atoms with Crippen LogP contribution in [-0.2, 0) is 6.54 Å². The fourth-order valence-electron chi connectivity index (χ4n) is 1.47. The maximum atomic E-state index is 5.64. The summed E-state index contributed by atoms with van der Waals surface area (Å²) in [6, 6.07) is 11.6. The molecule has 1 heterocycles. The predicted octanol–water partition coefficient (Wildman–Crippen LogP) is 3.75. The van der Waals surface area contributed by atoms with E-state index in [-0.39, 0.29) is 0 Å². The number of pyridine rings is 1. The molecule has 0 aliphatic heterocycles. The second-order valence-electron chi connectivity index (χ2n) is 3.84. The van der Waals surface area contributed by atoms with Gasteiger partial charge in [0.15, 0.2) is 0 Å². The first-order valence-corrected chi connectivity index (χ1v) is 6.66. The Morgan fingerprint density at radius 1 is 1.17 bits per heavy atom. The van der Waals surface area contributed by atoms with Crippen LogP contribution in [0.2, 0.25) is 0 Å². The lowest BCUT2D eigenvalue weighted by Crippen LogP contribution is -2.11. The fourth-order valence-corrected chi connectivity index (χ4v) is 1.73. The molecule has 2 rings (SSSR count). The molecule has 1 aromatic heterocycles. The average molecular weight is 307 g/mol. The number of aromatic nitrogens is 1. The molecular weight excluding hydrogens is 292 g/mol. The van der Waals surface area contributed by atoms with E-state index in [0.717, 1.165) is 28.9 Å². The molecule has 0 fully saturated rings. The van der Waals surface area contributed by atoms with E-state index in [1.807, 2.05) is 42.6 Å². The normalized spacial score (nSPS) is 10.3. The van der Waals surface area contributed by atoms with E-state index < -0.39 is 0 Å². The molecule has 0 amide bonds. The molecule has 0 unspecified atom stereocenters. The van der Waals surface area contributed by atoms with Crippen LogP contribution < -0.4 is 10.1 Å². The van der Waals surface area contributed by atoms with Crippen LogP contribution in [0.3, 0.4) is 0 Å². The van der Waals surface area contributed by atoms with Gasteiger partial charge in [-0.1, -0.05) is 28.9 Å². The molecule has 0 saturated heterocycles. The van der Waals surface area contributed by atoms with Crippen molar-refractivity contribution in [1.82, 2.24) is 10.3 Å². The Morgan fingerprint density at radius 3 is 2.56 bits per heavy atom. The first kappa shape index (κ1) is 13.1. The van der Waals surface area contributed by atoms with Crippen molar-refractivity contribution in [2.75, 3.05) is 6.54 Å². The van der Waals surface area contributed by atoms with E-state index in [1.54, 1.807) is 0 Å². The predicted molar refractivity (Wildman–Crippen MR) is 75.8 cm³/mol. The standard InChI is InChI=1S/C14H15BrN2O/c1-2-16-9-11-3-8-14(17-10-11)18-13-6-4-12(15)5-7-13/h3-8,10,16H,2,9H2,1H3. The molecule has 0 saturated carbocycles. The van der Waals surface area contributed by atoms with Crippen molar-refractivity contribution in [2.45, 2.75) is 13.5 Å². The lowest BCUT2D eigenvalue weighted by atomic mass is 10.3. The topological polar surface area (TPSA) is 34.1 Å². The first-order valence-electron chi connectivity index (χ1n) is 5.87. The number of rotatable bonds is 5.